The van der Waals surface area contributed by atoms with E-state index in [1.165, 1.54) is 64.7 Å². The molecule has 2 aliphatic rings. The molecule has 0 aromatic rings. The van der Waals surface area contributed by atoms with E-state index in [0.29, 0.717) is 6.10 Å². The van der Waals surface area contributed by atoms with Crippen LogP contribution in [0.3, 0.4) is 0 Å². The first-order valence-electron chi connectivity index (χ1n) is 7.46. The number of nitrogens with one attached hydrogen (secondary N) is 1. The van der Waals surface area contributed by atoms with E-state index in [1.54, 1.807) is 0 Å². The summed E-state index contributed by atoms with van der Waals surface area (Å²) in [5.74, 6) is 0. The van der Waals surface area contributed by atoms with Crippen molar-refractivity contribution in [2.75, 3.05) is 32.8 Å². The van der Waals surface area contributed by atoms with Crippen molar-refractivity contribution in [1.29, 1.82) is 0 Å². The molecule has 0 saturated carbocycles. The van der Waals surface area contributed by atoms with E-state index in [-0.39, 0.29) is 0 Å². The summed E-state index contributed by atoms with van der Waals surface area (Å²) >= 11 is 0. The van der Waals surface area contributed by atoms with Gasteiger partial charge in [-0.15, -0.1) is 0 Å². The maximum atomic E-state index is 5.67. The second-order valence-electron chi connectivity index (χ2n) is 5.46. The quantitative estimate of drug-likeness (QED) is 0.737. The molecule has 100 valence electrons. The van der Waals surface area contributed by atoms with Crippen molar-refractivity contribution in [3.05, 3.63) is 0 Å². The average molecular weight is 240 g/mol. The van der Waals surface area contributed by atoms with Crippen LogP contribution in [-0.2, 0) is 4.74 Å². The molecule has 1 N–H and O–H groups in total. The SMILES string of the molecule is CCN(CCCC1CCCO1)CC1CCCN1. The van der Waals surface area contributed by atoms with Crippen molar-refractivity contribution in [3.63, 3.8) is 0 Å². The van der Waals surface area contributed by atoms with Crippen LogP contribution in [0.5, 0.6) is 0 Å². The van der Waals surface area contributed by atoms with Crippen LogP contribution in [0.1, 0.15) is 45.4 Å². The molecule has 3 heteroatoms. The molecule has 2 aliphatic heterocycles. The van der Waals surface area contributed by atoms with Gasteiger partial charge in [-0.05, 0) is 58.2 Å². The normalized spacial score (nSPS) is 29.3. The Morgan fingerprint density at radius 2 is 2.24 bits per heavy atom. The van der Waals surface area contributed by atoms with Crippen LogP contribution >= 0.6 is 0 Å². The Morgan fingerprint density at radius 1 is 1.29 bits per heavy atom. The van der Waals surface area contributed by atoms with Crippen molar-refractivity contribution in [2.45, 2.75) is 57.6 Å². The molecule has 0 amide bonds. The monoisotopic (exact) mass is 240 g/mol. The van der Waals surface area contributed by atoms with Crippen LogP contribution < -0.4 is 5.32 Å². The number of hydrogen-bond donors (Lipinski definition) is 1. The van der Waals surface area contributed by atoms with Gasteiger partial charge in [-0.2, -0.15) is 0 Å². The fourth-order valence-corrected chi connectivity index (χ4v) is 3.02. The van der Waals surface area contributed by atoms with Crippen LogP contribution in [0.25, 0.3) is 0 Å². The third-order valence-corrected chi connectivity index (χ3v) is 4.11. The Labute approximate surface area is 106 Å². The Bertz CT molecular complexity index is 198. The van der Waals surface area contributed by atoms with Crippen molar-refractivity contribution < 1.29 is 4.74 Å². The average Bonchev–Trinajstić information content (AvgIpc) is 3.00. The zero-order valence-corrected chi connectivity index (χ0v) is 11.3. The van der Waals surface area contributed by atoms with E-state index < -0.39 is 0 Å². The summed E-state index contributed by atoms with van der Waals surface area (Å²) in [6.07, 6.45) is 8.41. The number of rotatable bonds is 7. The first-order valence-corrected chi connectivity index (χ1v) is 7.46. The predicted octanol–water partition coefficient (Wildman–Crippen LogP) is 2.02. The summed E-state index contributed by atoms with van der Waals surface area (Å²) in [7, 11) is 0. The highest BCUT2D eigenvalue weighted by molar-refractivity contribution is 4.77. The third-order valence-electron chi connectivity index (χ3n) is 4.11. The number of hydrogen-bond acceptors (Lipinski definition) is 3. The first-order chi connectivity index (χ1) is 8.38. The summed E-state index contributed by atoms with van der Waals surface area (Å²) in [4.78, 5) is 2.60. The molecule has 0 spiro atoms. The summed E-state index contributed by atoms with van der Waals surface area (Å²) in [5.41, 5.74) is 0. The van der Waals surface area contributed by atoms with Crippen molar-refractivity contribution in [1.82, 2.24) is 10.2 Å². The van der Waals surface area contributed by atoms with E-state index in [9.17, 15) is 0 Å². The zero-order valence-electron chi connectivity index (χ0n) is 11.3. The maximum Gasteiger partial charge on any atom is 0.0576 e. The molecule has 0 aliphatic carbocycles. The second kappa shape index (κ2) is 7.34. The van der Waals surface area contributed by atoms with E-state index in [2.05, 4.69) is 17.1 Å². The van der Waals surface area contributed by atoms with Gasteiger partial charge in [0, 0.05) is 19.2 Å². The zero-order chi connectivity index (χ0) is 11.9. The lowest BCUT2D eigenvalue weighted by Crippen LogP contribution is -2.38. The molecule has 2 saturated heterocycles. The van der Waals surface area contributed by atoms with E-state index >= 15 is 0 Å². The van der Waals surface area contributed by atoms with E-state index in [1.807, 2.05) is 0 Å². The van der Waals surface area contributed by atoms with Gasteiger partial charge in [0.1, 0.15) is 0 Å². The third kappa shape index (κ3) is 4.57. The molecule has 2 unspecified atom stereocenters. The van der Waals surface area contributed by atoms with Crippen LogP contribution in [0.2, 0.25) is 0 Å². The van der Waals surface area contributed by atoms with Crippen molar-refractivity contribution in [2.24, 2.45) is 0 Å². The molecule has 3 nitrogen and oxygen atoms in total. The lowest BCUT2D eigenvalue weighted by atomic mass is 10.1. The van der Waals surface area contributed by atoms with Crippen LogP contribution in [-0.4, -0.2) is 49.8 Å². The van der Waals surface area contributed by atoms with E-state index in [0.717, 1.165) is 12.6 Å². The molecule has 0 aromatic carbocycles. The highest BCUT2D eigenvalue weighted by Crippen LogP contribution is 2.17. The Balaban J connectivity index is 1.57. The van der Waals surface area contributed by atoms with Gasteiger partial charge in [-0.1, -0.05) is 6.92 Å². The van der Waals surface area contributed by atoms with Crippen molar-refractivity contribution >= 4 is 0 Å². The fraction of sp³-hybridized carbons (Fsp3) is 1.00. The van der Waals surface area contributed by atoms with Crippen LogP contribution in [0.4, 0.5) is 0 Å². The molecule has 2 atom stereocenters. The molecule has 0 aromatic heterocycles. The first kappa shape index (κ1) is 13.3. The summed E-state index contributed by atoms with van der Waals surface area (Å²) in [6, 6.07) is 0.748. The Kier molecular flexibility index (Phi) is 5.75. The van der Waals surface area contributed by atoms with Crippen LogP contribution in [0, 0.1) is 0 Å². The molecular weight excluding hydrogens is 212 g/mol. The second-order valence-corrected chi connectivity index (χ2v) is 5.46. The highest BCUT2D eigenvalue weighted by Gasteiger charge is 2.18. The van der Waals surface area contributed by atoms with Gasteiger partial charge in [0.25, 0.3) is 0 Å². The van der Waals surface area contributed by atoms with Crippen LogP contribution in [0.15, 0.2) is 0 Å². The highest BCUT2D eigenvalue weighted by atomic mass is 16.5. The standard InChI is InChI=1S/C14H28N2O/c1-2-16(12-13-6-3-9-15-13)10-4-7-14-8-5-11-17-14/h13-15H,2-12H2,1H3. The minimum absolute atomic E-state index is 0.568. The van der Waals surface area contributed by atoms with E-state index in [4.69, 9.17) is 4.74 Å². The van der Waals surface area contributed by atoms with Gasteiger partial charge in [0.05, 0.1) is 6.10 Å². The Hall–Kier alpha value is -0.120. The smallest absolute Gasteiger partial charge is 0.0576 e. The number of likely N-dealkylation sites (N-methyl/N-ethyl adjacent to an activating group) is 1. The Morgan fingerprint density at radius 3 is 2.88 bits per heavy atom. The molecule has 17 heavy (non-hydrogen) atoms. The molecule has 2 rings (SSSR count). The summed E-state index contributed by atoms with van der Waals surface area (Å²) in [5, 5.41) is 3.59. The van der Waals surface area contributed by atoms with Gasteiger partial charge >= 0.3 is 0 Å². The molecule has 2 fully saturated rings. The van der Waals surface area contributed by atoms with Gasteiger partial charge in [0.2, 0.25) is 0 Å². The van der Waals surface area contributed by atoms with Gasteiger partial charge < -0.3 is 15.0 Å². The summed E-state index contributed by atoms with van der Waals surface area (Å²) < 4.78 is 5.67. The number of ether oxygens (including phenoxy) is 1. The minimum atomic E-state index is 0.568. The topological polar surface area (TPSA) is 24.5 Å². The number of nitrogens with zero attached hydrogens (tertiary/aromatic N) is 1. The molecule has 0 bridgehead atoms. The molecule has 2 heterocycles. The minimum Gasteiger partial charge on any atom is -0.378 e. The predicted molar refractivity (Wildman–Crippen MR) is 71.3 cm³/mol. The lowest BCUT2D eigenvalue weighted by molar-refractivity contribution is 0.0985. The molecule has 0 radical (unpaired) electrons. The maximum absolute atomic E-state index is 5.67. The lowest BCUT2D eigenvalue weighted by Gasteiger charge is -2.24. The summed E-state index contributed by atoms with van der Waals surface area (Å²) in [6.45, 7) is 8.16. The van der Waals surface area contributed by atoms with Gasteiger partial charge in [0.15, 0.2) is 0 Å². The largest absolute Gasteiger partial charge is 0.378 e. The molecular formula is C14H28N2O. The van der Waals surface area contributed by atoms with Gasteiger partial charge in [-0.3, -0.25) is 0 Å². The fourth-order valence-electron chi connectivity index (χ4n) is 3.02. The van der Waals surface area contributed by atoms with Gasteiger partial charge in [-0.25, -0.2) is 0 Å². The van der Waals surface area contributed by atoms with Crippen molar-refractivity contribution in [3.8, 4) is 0 Å².